The molecule has 40 heavy (non-hydrogen) atoms. The van der Waals surface area contributed by atoms with Crippen molar-refractivity contribution in [2.24, 2.45) is 11.8 Å². The van der Waals surface area contributed by atoms with Crippen LogP contribution in [0.1, 0.15) is 207 Å². The average molecular weight is 563 g/mol. The average Bonchev–Trinajstić information content (AvgIpc) is 2.96. The molecule has 0 N–H and O–H groups in total. The molecule has 0 spiro atoms. The first kappa shape index (κ1) is 39.2. The summed E-state index contributed by atoms with van der Waals surface area (Å²) in [5.74, 6) is 0.639. The van der Waals surface area contributed by atoms with Gasteiger partial charge in [-0.3, -0.25) is 4.79 Å². The highest BCUT2D eigenvalue weighted by molar-refractivity contribution is 5.72. The predicted molar refractivity (Wildman–Crippen MR) is 179 cm³/mol. The molecule has 238 valence electrons. The molecule has 0 aliphatic heterocycles. The number of hydrogen-bond donors (Lipinski definition) is 0. The van der Waals surface area contributed by atoms with Gasteiger partial charge in [0.15, 0.2) is 0 Å². The van der Waals surface area contributed by atoms with Crippen molar-refractivity contribution in [1.29, 1.82) is 0 Å². The lowest BCUT2D eigenvalue weighted by molar-refractivity contribution is -0.151. The Morgan fingerprint density at radius 3 is 1.38 bits per heavy atom. The van der Waals surface area contributed by atoms with Crippen LogP contribution in [0.4, 0.5) is 0 Å². The highest BCUT2D eigenvalue weighted by Gasteiger charge is 2.25. The van der Waals surface area contributed by atoms with E-state index in [1.165, 1.54) is 167 Å². The molecule has 2 unspecified atom stereocenters. The minimum absolute atomic E-state index is 0.0940. The first-order valence-electron chi connectivity index (χ1n) is 18.5. The van der Waals surface area contributed by atoms with Gasteiger partial charge in [0.05, 0.1) is 12.5 Å². The second-order valence-electron chi connectivity index (χ2n) is 12.8. The lowest BCUT2D eigenvalue weighted by atomic mass is 9.85. The molecule has 0 saturated heterocycles. The molecule has 2 atom stereocenters. The molecule has 0 bridgehead atoms. The molecule has 0 radical (unpaired) electrons. The molecule has 0 aromatic rings. The van der Waals surface area contributed by atoms with Crippen LogP contribution in [-0.2, 0) is 9.53 Å². The van der Waals surface area contributed by atoms with Crippen LogP contribution in [0.15, 0.2) is 12.2 Å². The van der Waals surface area contributed by atoms with Crippen molar-refractivity contribution in [3.63, 3.8) is 0 Å². The quantitative estimate of drug-likeness (QED) is 0.0463. The topological polar surface area (TPSA) is 26.3 Å². The zero-order valence-corrected chi connectivity index (χ0v) is 28.1. The van der Waals surface area contributed by atoms with Gasteiger partial charge in [-0.2, -0.15) is 0 Å². The standard InChI is InChI=1S/C38H74O2/c1-5-8-11-14-16-18-20-21-22-23-24-26-28-31-34-37(36(4)33-30-13-10-7-3)38(39)40-35-32-29-27-25-19-17-15-12-9-6-2/h21-22,36-37H,5-20,23-35H2,1-4H3. The Hall–Kier alpha value is -0.790. The molecule has 0 saturated carbocycles. The molecule has 0 aliphatic rings. The van der Waals surface area contributed by atoms with E-state index < -0.39 is 0 Å². The van der Waals surface area contributed by atoms with Crippen molar-refractivity contribution in [2.45, 2.75) is 207 Å². The highest BCUT2D eigenvalue weighted by Crippen LogP contribution is 2.26. The van der Waals surface area contributed by atoms with E-state index in [0.717, 1.165) is 12.8 Å². The third kappa shape index (κ3) is 27.4. The van der Waals surface area contributed by atoms with Crippen molar-refractivity contribution < 1.29 is 9.53 Å². The summed E-state index contributed by atoms with van der Waals surface area (Å²) in [6.07, 6.45) is 41.0. The van der Waals surface area contributed by atoms with E-state index in [0.29, 0.717) is 12.5 Å². The number of unbranched alkanes of at least 4 members (excludes halogenated alkanes) is 22. The normalized spacial score (nSPS) is 13.2. The third-order valence-corrected chi connectivity index (χ3v) is 8.77. The van der Waals surface area contributed by atoms with E-state index in [-0.39, 0.29) is 11.9 Å². The molecule has 0 aromatic heterocycles. The second kappa shape index (κ2) is 32.7. The summed E-state index contributed by atoms with van der Waals surface area (Å²) in [6, 6.07) is 0. The predicted octanol–water partition coefficient (Wildman–Crippen LogP) is 13.3. The fraction of sp³-hybridized carbons (Fsp3) is 0.921. The smallest absolute Gasteiger partial charge is 0.309 e. The maximum Gasteiger partial charge on any atom is 0.309 e. The summed E-state index contributed by atoms with van der Waals surface area (Å²) in [5, 5.41) is 0. The largest absolute Gasteiger partial charge is 0.465 e. The van der Waals surface area contributed by atoms with Gasteiger partial charge < -0.3 is 4.74 Å². The fourth-order valence-corrected chi connectivity index (χ4v) is 5.86. The second-order valence-corrected chi connectivity index (χ2v) is 12.8. The molecule has 2 heteroatoms. The summed E-state index contributed by atoms with van der Waals surface area (Å²) < 4.78 is 5.85. The van der Waals surface area contributed by atoms with E-state index in [2.05, 4.69) is 39.8 Å². The van der Waals surface area contributed by atoms with Crippen LogP contribution in [0.3, 0.4) is 0 Å². The Bertz CT molecular complexity index is 526. The number of allylic oxidation sites excluding steroid dienone is 2. The minimum atomic E-state index is 0.0940. The number of hydrogen-bond acceptors (Lipinski definition) is 2. The van der Waals surface area contributed by atoms with Gasteiger partial charge in [0.1, 0.15) is 0 Å². The number of carbonyl (C=O) groups excluding carboxylic acids is 1. The minimum Gasteiger partial charge on any atom is -0.465 e. The first-order valence-corrected chi connectivity index (χ1v) is 18.5. The van der Waals surface area contributed by atoms with Crippen molar-refractivity contribution in [3.05, 3.63) is 12.2 Å². The zero-order chi connectivity index (χ0) is 29.4. The number of carbonyl (C=O) groups is 1. The first-order chi connectivity index (χ1) is 19.7. The van der Waals surface area contributed by atoms with Gasteiger partial charge >= 0.3 is 5.97 Å². The van der Waals surface area contributed by atoms with Gasteiger partial charge in [-0.1, -0.05) is 175 Å². The molecule has 0 aliphatic carbocycles. The Kier molecular flexibility index (Phi) is 32.1. The Labute approximate surface area is 253 Å². The molecule has 0 amide bonds. The molecular weight excluding hydrogens is 488 g/mol. The molecule has 0 aromatic carbocycles. The van der Waals surface area contributed by atoms with Crippen LogP contribution in [0, 0.1) is 11.8 Å². The number of esters is 1. The van der Waals surface area contributed by atoms with Gasteiger partial charge in [0.2, 0.25) is 0 Å². The van der Waals surface area contributed by atoms with Gasteiger partial charge in [0.25, 0.3) is 0 Å². The zero-order valence-electron chi connectivity index (χ0n) is 28.1. The van der Waals surface area contributed by atoms with Gasteiger partial charge in [-0.15, -0.1) is 0 Å². The summed E-state index contributed by atoms with van der Waals surface area (Å²) in [7, 11) is 0. The Morgan fingerprint density at radius 1 is 0.500 bits per heavy atom. The van der Waals surface area contributed by atoms with E-state index >= 15 is 0 Å². The summed E-state index contributed by atoms with van der Waals surface area (Å²) in [5.41, 5.74) is 0. The monoisotopic (exact) mass is 563 g/mol. The number of ether oxygens (including phenoxy) is 1. The van der Waals surface area contributed by atoms with Gasteiger partial charge in [-0.25, -0.2) is 0 Å². The lowest BCUT2D eigenvalue weighted by Gasteiger charge is -2.23. The van der Waals surface area contributed by atoms with E-state index in [4.69, 9.17) is 4.74 Å². The SMILES string of the molecule is CCCCCCCCC=CCCCCCCC(C(=O)OCCCCCCCCCCCC)C(C)CCCCCC. The molecule has 0 heterocycles. The van der Waals surface area contributed by atoms with Crippen molar-refractivity contribution in [3.8, 4) is 0 Å². The van der Waals surface area contributed by atoms with E-state index in [1.54, 1.807) is 0 Å². The molecule has 0 fully saturated rings. The van der Waals surface area contributed by atoms with Crippen molar-refractivity contribution in [1.82, 2.24) is 0 Å². The van der Waals surface area contributed by atoms with E-state index in [9.17, 15) is 4.79 Å². The lowest BCUT2D eigenvalue weighted by Crippen LogP contribution is -2.25. The highest BCUT2D eigenvalue weighted by atomic mass is 16.5. The molecular formula is C38H74O2. The van der Waals surface area contributed by atoms with Crippen LogP contribution in [-0.4, -0.2) is 12.6 Å². The van der Waals surface area contributed by atoms with E-state index in [1.807, 2.05) is 0 Å². The van der Waals surface area contributed by atoms with Crippen LogP contribution < -0.4 is 0 Å². The third-order valence-electron chi connectivity index (χ3n) is 8.77. The van der Waals surface area contributed by atoms with Crippen LogP contribution in [0.5, 0.6) is 0 Å². The van der Waals surface area contributed by atoms with Crippen molar-refractivity contribution >= 4 is 5.97 Å². The molecule has 2 nitrogen and oxygen atoms in total. The van der Waals surface area contributed by atoms with Gasteiger partial charge in [-0.05, 0) is 50.9 Å². The molecule has 0 rings (SSSR count). The van der Waals surface area contributed by atoms with Crippen molar-refractivity contribution in [2.75, 3.05) is 6.61 Å². The maximum absolute atomic E-state index is 13.1. The summed E-state index contributed by atoms with van der Waals surface area (Å²) >= 11 is 0. The van der Waals surface area contributed by atoms with Crippen LogP contribution in [0.2, 0.25) is 0 Å². The van der Waals surface area contributed by atoms with Crippen LogP contribution >= 0.6 is 0 Å². The Balaban J connectivity index is 4.09. The fourth-order valence-electron chi connectivity index (χ4n) is 5.86. The van der Waals surface area contributed by atoms with Gasteiger partial charge in [0, 0.05) is 0 Å². The van der Waals surface area contributed by atoms with Crippen LogP contribution in [0.25, 0.3) is 0 Å². The number of rotatable bonds is 32. The summed E-state index contributed by atoms with van der Waals surface area (Å²) in [4.78, 5) is 13.1. The maximum atomic E-state index is 13.1. The summed E-state index contributed by atoms with van der Waals surface area (Å²) in [6.45, 7) is 9.75. The Morgan fingerprint density at radius 2 is 0.875 bits per heavy atom.